The Labute approximate surface area is 113 Å². The summed E-state index contributed by atoms with van der Waals surface area (Å²) in [5.41, 5.74) is 0.522. The molecule has 0 spiro atoms. The third-order valence-electron chi connectivity index (χ3n) is 2.72. The molecule has 0 amide bonds. The van der Waals surface area contributed by atoms with Crippen LogP contribution in [0.15, 0.2) is 36.4 Å². The van der Waals surface area contributed by atoms with Gasteiger partial charge in [0, 0.05) is 0 Å². The Morgan fingerprint density at radius 2 is 1.70 bits per heavy atom. The summed E-state index contributed by atoms with van der Waals surface area (Å²) in [6.07, 6.45) is 0. The molecule has 0 fully saturated rings. The minimum absolute atomic E-state index is 0.0741. The van der Waals surface area contributed by atoms with Gasteiger partial charge in [0.1, 0.15) is 0 Å². The summed E-state index contributed by atoms with van der Waals surface area (Å²) in [5.74, 6) is -4.76. The van der Waals surface area contributed by atoms with Crippen LogP contribution in [0.3, 0.4) is 0 Å². The Hall–Kier alpha value is -2.30. The molecule has 0 atom stereocenters. The van der Waals surface area contributed by atoms with Crippen molar-refractivity contribution < 1.29 is 22.7 Å². The van der Waals surface area contributed by atoms with Gasteiger partial charge in [0.25, 0.3) is 0 Å². The average molecular weight is 280 g/mol. The highest BCUT2D eigenvalue weighted by molar-refractivity contribution is 5.97. The minimum Gasteiger partial charge on any atom is -0.462 e. The predicted octanol–water partition coefficient (Wildman–Crippen LogP) is 3.95. The molecular weight excluding hydrogens is 269 g/mol. The van der Waals surface area contributed by atoms with E-state index in [-0.39, 0.29) is 23.3 Å². The lowest BCUT2D eigenvalue weighted by molar-refractivity contribution is 0.0527. The van der Waals surface area contributed by atoms with Crippen LogP contribution in [-0.4, -0.2) is 12.6 Å². The van der Waals surface area contributed by atoms with Gasteiger partial charge in [-0.1, -0.05) is 18.2 Å². The van der Waals surface area contributed by atoms with Crippen molar-refractivity contribution in [1.29, 1.82) is 0 Å². The van der Waals surface area contributed by atoms with Gasteiger partial charge in [-0.3, -0.25) is 0 Å². The topological polar surface area (TPSA) is 26.3 Å². The van der Waals surface area contributed by atoms with Gasteiger partial charge in [-0.15, -0.1) is 0 Å². The maximum absolute atomic E-state index is 13.3. The van der Waals surface area contributed by atoms with Crippen LogP contribution in [0.1, 0.15) is 17.3 Å². The second-order valence-electron chi connectivity index (χ2n) is 4.02. The van der Waals surface area contributed by atoms with Crippen molar-refractivity contribution in [2.45, 2.75) is 6.92 Å². The third kappa shape index (κ3) is 2.66. The van der Waals surface area contributed by atoms with Crippen molar-refractivity contribution in [3.63, 3.8) is 0 Å². The molecule has 0 heterocycles. The Bertz CT molecular complexity index is 630. The third-order valence-corrected chi connectivity index (χ3v) is 2.72. The minimum atomic E-state index is -1.54. The second kappa shape index (κ2) is 5.77. The Morgan fingerprint density at radius 1 is 1.10 bits per heavy atom. The van der Waals surface area contributed by atoms with E-state index in [2.05, 4.69) is 0 Å². The fourth-order valence-electron chi connectivity index (χ4n) is 1.83. The number of carbonyl (C=O) groups is 1. The van der Waals surface area contributed by atoms with Crippen molar-refractivity contribution in [1.82, 2.24) is 0 Å². The van der Waals surface area contributed by atoms with E-state index in [1.165, 1.54) is 12.1 Å². The fourth-order valence-corrected chi connectivity index (χ4v) is 1.83. The van der Waals surface area contributed by atoms with E-state index in [0.717, 1.165) is 12.1 Å². The second-order valence-corrected chi connectivity index (χ2v) is 4.02. The van der Waals surface area contributed by atoms with Gasteiger partial charge in [-0.25, -0.2) is 18.0 Å². The van der Waals surface area contributed by atoms with Crippen LogP contribution in [0, 0.1) is 17.5 Å². The zero-order valence-electron chi connectivity index (χ0n) is 10.6. The summed E-state index contributed by atoms with van der Waals surface area (Å²) < 4.78 is 44.4. The van der Waals surface area contributed by atoms with E-state index in [0.29, 0.717) is 0 Å². The highest BCUT2D eigenvalue weighted by Crippen LogP contribution is 2.27. The van der Waals surface area contributed by atoms with E-state index >= 15 is 0 Å². The summed E-state index contributed by atoms with van der Waals surface area (Å²) in [6, 6.07) is 7.89. The van der Waals surface area contributed by atoms with Gasteiger partial charge in [0.05, 0.1) is 12.2 Å². The molecule has 0 unspecified atom stereocenters. The average Bonchev–Trinajstić information content (AvgIpc) is 2.44. The van der Waals surface area contributed by atoms with Crippen molar-refractivity contribution >= 4 is 5.97 Å². The van der Waals surface area contributed by atoms with E-state index in [4.69, 9.17) is 4.74 Å². The summed E-state index contributed by atoms with van der Waals surface area (Å²) in [4.78, 5) is 11.8. The molecule has 0 aliphatic rings. The molecule has 20 heavy (non-hydrogen) atoms. The predicted molar refractivity (Wildman–Crippen MR) is 67.7 cm³/mol. The monoisotopic (exact) mass is 280 g/mol. The van der Waals surface area contributed by atoms with Crippen LogP contribution in [-0.2, 0) is 4.74 Å². The zero-order chi connectivity index (χ0) is 14.7. The zero-order valence-corrected chi connectivity index (χ0v) is 10.6. The number of hydrogen-bond donors (Lipinski definition) is 0. The maximum atomic E-state index is 13.3. The summed E-state index contributed by atoms with van der Waals surface area (Å²) >= 11 is 0. The molecular formula is C15H11F3O2. The number of halogens is 3. The van der Waals surface area contributed by atoms with Gasteiger partial charge in [-0.2, -0.15) is 0 Å². The van der Waals surface area contributed by atoms with Crippen molar-refractivity contribution in [2.24, 2.45) is 0 Å². The molecule has 2 rings (SSSR count). The summed E-state index contributed by atoms with van der Waals surface area (Å²) in [7, 11) is 0. The number of ether oxygens (including phenoxy) is 1. The molecule has 2 nitrogen and oxygen atoms in total. The maximum Gasteiger partial charge on any atom is 0.338 e. The Kier molecular flexibility index (Phi) is 4.08. The molecule has 0 aliphatic carbocycles. The standard InChI is InChI=1S/C15H11F3O2/c1-2-20-15(19)11-6-4-3-5-10(11)9-7-12(16)14(18)13(17)8-9/h3-8H,2H2,1H3. The highest BCUT2D eigenvalue weighted by Gasteiger charge is 2.17. The Balaban J connectivity index is 2.56. The quantitative estimate of drug-likeness (QED) is 0.628. The smallest absolute Gasteiger partial charge is 0.338 e. The summed E-state index contributed by atoms with van der Waals surface area (Å²) in [5, 5.41) is 0. The number of benzene rings is 2. The first kappa shape index (κ1) is 14.1. The number of hydrogen-bond acceptors (Lipinski definition) is 2. The first-order valence-corrected chi connectivity index (χ1v) is 5.95. The number of rotatable bonds is 3. The fraction of sp³-hybridized carbons (Fsp3) is 0.133. The van der Waals surface area contributed by atoms with E-state index < -0.39 is 23.4 Å². The molecule has 0 saturated heterocycles. The first-order valence-electron chi connectivity index (χ1n) is 5.95. The van der Waals surface area contributed by atoms with E-state index in [1.807, 2.05) is 0 Å². The van der Waals surface area contributed by atoms with Gasteiger partial charge in [0.2, 0.25) is 0 Å². The number of carbonyl (C=O) groups excluding carboxylic acids is 1. The molecule has 0 aliphatic heterocycles. The van der Waals surface area contributed by atoms with Gasteiger partial charge in [0.15, 0.2) is 17.5 Å². The van der Waals surface area contributed by atoms with E-state index in [9.17, 15) is 18.0 Å². The summed E-state index contributed by atoms with van der Waals surface area (Å²) in [6.45, 7) is 1.83. The normalized spacial score (nSPS) is 10.4. The Morgan fingerprint density at radius 3 is 2.30 bits per heavy atom. The molecule has 0 radical (unpaired) electrons. The molecule has 0 N–H and O–H groups in total. The van der Waals surface area contributed by atoms with Crippen LogP contribution in [0.25, 0.3) is 11.1 Å². The van der Waals surface area contributed by atoms with Crippen molar-refractivity contribution in [3.8, 4) is 11.1 Å². The van der Waals surface area contributed by atoms with Crippen molar-refractivity contribution in [2.75, 3.05) is 6.61 Å². The molecule has 104 valence electrons. The molecule has 0 aromatic heterocycles. The molecule has 2 aromatic carbocycles. The lowest BCUT2D eigenvalue weighted by atomic mass is 9.99. The molecule has 2 aromatic rings. The van der Waals surface area contributed by atoms with Crippen LogP contribution >= 0.6 is 0 Å². The van der Waals surface area contributed by atoms with Crippen molar-refractivity contribution in [3.05, 3.63) is 59.4 Å². The number of esters is 1. The highest BCUT2D eigenvalue weighted by atomic mass is 19.2. The van der Waals surface area contributed by atoms with E-state index in [1.54, 1.807) is 19.1 Å². The molecule has 5 heteroatoms. The lowest BCUT2D eigenvalue weighted by Gasteiger charge is -2.09. The SMILES string of the molecule is CCOC(=O)c1ccccc1-c1cc(F)c(F)c(F)c1. The van der Waals surface area contributed by atoms with Gasteiger partial charge in [-0.05, 0) is 36.2 Å². The largest absolute Gasteiger partial charge is 0.462 e. The van der Waals surface area contributed by atoms with Gasteiger partial charge < -0.3 is 4.74 Å². The van der Waals surface area contributed by atoms with Crippen LogP contribution in [0.5, 0.6) is 0 Å². The van der Waals surface area contributed by atoms with Crippen LogP contribution in [0.4, 0.5) is 13.2 Å². The first-order chi connectivity index (χ1) is 9.54. The lowest BCUT2D eigenvalue weighted by Crippen LogP contribution is -2.06. The molecule has 0 saturated carbocycles. The van der Waals surface area contributed by atoms with Gasteiger partial charge >= 0.3 is 5.97 Å². The van der Waals surface area contributed by atoms with Crippen LogP contribution in [0.2, 0.25) is 0 Å². The molecule has 0 bridgehead atoms. The van der Waals surface area contributed by atoms with Crippen LogP contribution < -0.4 is 0 Å².